The second-order valence-electron chi connectivity index (χ2n) is 5.47. The van der Waals surface area contributed by atoms with E-state index < -0.39 is 25.9 Å². The molecule has 112 valence electrons. The number of sulfonamides is 1. The molecule has 0 spiro atoms. The highest BCUT2D eigenvalue weighted by Crippen LogP contribution is 2.19. The molecule has 1 aliphatic heterocycles. The van der Waals surface area contributed by atoms with E-state index in [-0.39, 0.29) is 23.8 Å². The topological polar surface area (TPSA) is 83.6 Å². The maximum absolute atomic E-state index is 12.2. The third kappa shape index (κ3) is 4.40. The lowest BCUT2D eigenvalue weighted by Crippen LogP contribution is -2.50. The summed E-state index contributed by atoms with van der Waals surface area (Å²) in [6.45, 7) is 2.48. The first-order valence-corrected chi connectivity index (χ1v) is 10.2. The molecule has 0 amide bonds. The lowest BCUT2D eigenvalue weighted by molar-refractivity contribution is 0.356. The lowest BCUT2D eigenvalue weighted by atomic mass is 10.4. The molecule has 2 rings (SSSR count). The van der Waals surface area contributed by atoms with E-state index in [0.29, 0.717) is 19.0 Å². The SMILES string of the molecule is CC1CS(=O)(=O)CCN1S(=O)(=O)CCCNC1CC1. The molecule has 0 radical (unpaired) electrons. The van der Waals surface area contributed by atoms with Crippen LogP contribution in [-0.2, 0) is 19.9 Å². The molecule has 2 aliphatic rings. The molecule has 1 atom stereocenters. The van der Waals surface area contributed by atoms with E-state index in [1.165, 1.54) is 17.1 Å². The van der Waals surface area contributed by atoms with Gasteiger partial charge in [0.1, 0.15) is 0 Å². The normalized spacial score (nSPS) is 28.4. The Kier molecular flexibility index (Phi) is 4.54. The van der Waals surface area contributed by atoms with Crippen molar-refractivity contribution < 1.29 is 16.8 Å². The van der Waals surface area contributed by atoms with Crippen molar-refractivity contribution in [3.05, 3.63) is 0 Å². The van der Waals surface area contributed by atoms with Gasteiger partial charge in [-0.15, -0.1) is 0 Å². The summed E-state index contributed by atoms with van der Waals surface area (Å²) in [5.41, 5.74) is 0. The summed E-state index contributed by atoms with van der Waals surface area (Å²) in [4.78, 5) is 0. The third-order valence-electron chi connectivity index (χ3n) is 3.56. The second-order valence-corrected chi connectivity index (χ2v) is 9.74. The average molecular weight is 310 g/mol. The van der Waals surface area contributed by atoms with Gasteiger partial charge < -0.3 is 5.32 Å². The smallest absolute Gasteiger partial charge is 0.214 e. The van der Waals surface area contributed by atoms with Crippen LogP contribution in [0.2, 0.25) is 0 Å². The zero-order valence-electron chi connectivity index (χ0n) is 11.2. The van der Waals surface area contributed by atoms with Gasteiger partial charge in [0.15, 0.2) is 9.84 Å². The summed E-state index contributed by atoms with van der Waals surface area (Å²) in [6.07, 6.45) is 2.95. The predicted molar refractivity (Wildman–Crippen MR) is 74.3 cm³/mol. The van der Waals surface area contributed by atoms with Gasteiger partial charge in [-0.1, -0.05) is 0 Å². The molecule has 1 saturated heterocycles. The van der Waals surface area contributed by atoms with Gasteiger partial charge in [0.25, 0.3) is 0 Å². The van der Waals surface area contributed by atoms with E-state index in [1.807, 2.05) is 0 Å². The second kappa shape index (κ2) is 5.67. The Balaban J connectivity index is 1.84. The van der Waals surface area contributed by atoms with Crippen molar-refractivity contribution in [1.29, 1.82) is 0 Å². The molecule has 0 aromatic rings. The Hall–Kier alpha value is -0.180. The van der Waals surface area contributed by atoms with Crippen molar-refractivity contribution in [3.63, 3.8) is 0 Å². The quantitative estimate of drug-likeness (QED) is 0.674. The van der Waals surface area contributed by atoms with Crippen LogP contribution in [0.15, 0.2) is 0 Å². The van der Waals surface area contributed by atoms with Crippen LogP contribution < -0.4 is 5.32 Å². The van der Waals surface area contributed by atoms with Crippen LogP contribution in [0.25, 0.3) is 0 Å². The molecule has 1 saturated carbocycles. The van der Waals surface area contributed by atoms with E-state index in [9.17, 15) is 16.8 Å². The number of nitrogens with zero attached hydrogens (tertiary/aromatic N) is 1. The molecule has 1 aliphatic carbocycles. The van der Waals surface area contributed by atoms with Crippen LogP contribution in [0.5, 0.6) is 0 Å². The molecule has 1 heterocycles. The fourth-order valence-electron chi connectivity index (χ4n) is 2.36. The van der Waals surface area contributed by atoms with Crippen LogP contribution in [0.1, 0.15) is 26.2 Å². The molecule has 1 unspecified atom stereocenters. The Morgan fingerprint density at radius 3 is 2.58 bits per heavy atom. The van der Waals surface area contributed by atoms with Crippen molar-refractivity contribution >= 4 is 19.9 Å². The third-order valence-corrected chi connectivity index (χ3v) is 7.41. The predicted octanol–water partition coefficient (Wildman–Crippen LogP) is -0.423. The van der Waals surface area contributed by atoms with E-state index in [0.717, 1.165) is 0 Å². The molecule has 0 bridgehead atoms. The minimum atomic E-state index is -3.33. The summed E-state index contributed by atoms with van der Waals surface area (Å²) >= 11 is 0. The van der Waals surface area contributed by atoms with Crippen molar-refractivity contribution in [2.75, 3.05) is 30.3 Å². The monoisotopic (exact) mass is 310 g/mol. The van der Waals surface area contributed by atoms with E-state index in [1.54, 1.807) is 6.92 Å². The van der Waals surface area contributed by atoms with Crippen LogP contribution in [0.4, 0.5) is 0 Å². The van der Waals surface area contributed by atoms with Gasteiger partial charge in [0, 0.05) is 18.6 Å². The Morgan fingerprint density at radius 1 is 1.32 bits per heavy atom. The first-order chi connectivity index (χ1) is 8.80. The van der Waals surface area contributed by atoms with Gasteiger partial charge >= 0.3 is 0 Å². The molecule has 0 aromatic carbocycles. The fraction of sp³-hybridized carbons (Fsp3) is 1.00. The summed E-state index contributed by atoms with van der Waals surface area (Å²) in [6, 6.07) is 0.141. The van der Waals surface area contributed by atoms with E-state index >= 15 is 0 Å². The maximum atomic E-state index is 12.2. The largest absolute Gasteiger partial charge is 0.314 e. The number of hydrogen-bond acceptors (Lipinski definition) is 5. The van der Waals surface area contributed by atoms with Crippen molar-refractivity contribution in [2.45, 2.75) is 38.3 Å². The van der Waals surface area contributed by atoms with Gasteiger partial charge in [-0.2, -0.15) is 4.31 Å². The minimum absolute atomic E-state index is 0.0586. The summed E-state index contributed by atoms with van der Waals surface area (Å²) in [5, 5.41) is 3.28. The van der Waals surface area contributed by atoms with Crippen LogP contribution in [0.3, 0.4) is 0 Å². The van der Waals surface area contributed by atoms with Crippen molar-refractivity contribution in [2.24, 2.45) is 0 Å². The first kappa shape index (κ1) is 15.2. The highest BCUT2D eigenvalue weighted by Gasteiger charge is 2.35. The van der Waals surface area contributed by atoms with Crippen LogP contribution in [0, 0.1) is 0 Å². The molecule has 6 nitrogen and oxygen atoms in total. The van der Waals surface area contributed by atoms with Crippen molar-refractivity contribution in [3.8, 4) is 0 Å². The van der Waals surface area contributed by atoms with Gasteiger partial charge in [0.2, 0.25) is 10.0 Å². The van der Waals surface area contributed by atoms with Gasteiger partial charge in [-0.05, 0) is 32.7 Å². The van der Waals surface area contributed by atoms with E-state index in [4.69, 9.17) is 0 Å². The summed E-state index contributed by atoms with van der Waals surface area (Å²) in [5.74, 6) is -0.0272. The highest BCUT2D eigenvalue weighted by atomic mass is 32.2. The first-order valence-electron chi connectivity index (χ1n) is 6.73. The number of sulfone groups is 1. The Labute approximate surface area is 115 Å². The molecular weight excluding hydrogens is 288 g/mol. The fourth-order valence-corrected chi connectivity index (χ4v) is 5.86. The summed E-state index contributed by atoms with van der Waals surface area (Å²) in [7, 11) is -6.40. The van der Waals surface area contributed by atoms with Gasteiger partial charge in [-0.25, -0.2) is 16.8 Å². The molecule has 1 N–H and O–H groups in total. The average Bonchev–Trinajstić information content (AvgIpc) is 3.06. The zero-order valence-corrected chi connectivity index (χ0v) is 12.8. The van der Waals surface area contributed by atoms with Crippen LogP contribution in [-0.4, -0.2) is 63.6 Å². The van der Waals surface area contributed by atoms with Crippen LogP contribution >= 0.6 is 0 Å². The molecule has 2 fully saturated rings. The van der Waals surface area contributed by atoms with Crippen molar-refractivity contribution in [1.82, 2.24) is 9.62 Å². The van der Waals surface area contributed by atoms with Gasteiger partial charge in [-0.3, -0.25) is 0 Å². The minimum Gasteiger partial charge on any atom is -0.314 e. The Morgan fingerprint density at radius 2 is 2.00 bits per heavy atom. The molecule has 19 heavy (non-hydrogen) atoms. The zero-order chi connectivity index (χ0) is 14.1. The van der Waals surface area contributed by atoms with Gasteiger partial charge in [0.05, 0.1) is 17.3 Å². The maximum Gasteiger partial charge on any atom is 0.214 e. The highest BCUT2D eigenvalue weighted by molar-refractivity contribution is 7.92. The summed E-state index contributed by atoms with van der Waals surface area (Å²) < 4.78 is 48.6. The number of hydrogen-bond donors (Lipinski definition) is 1. The molecule has 0 aromatic heterocycles. The van der Waals surface area contributed by atoms with E-state index in [2.05, 4.69) is 5.32 Å². The number of rotatable bonds is 6. The lowest BCUT2D eigenvalue weighted by Gasteiger charge is -2.32. The molecule has 8 heteroatoms. The standard InChI is InChI=1S/C11H22N2O4S2/c1-10-9-18(14,15)8-6-13(10)19(16,17)7-2-5-12-11-3-4-11/h10-12H,2-9H2,1H3. The number of nitrogens with one attached hydrogen (secondary N) is 1. The molecular formula is C11H22N2O4S2. The Bertz CT molecular complexity index is 511.